The van der Waals surface area contributed by atoms with E-state index in [1.165, 1.54) is 12.1 Å². The maximum Gasteiger partial charge on any atom is 0.108 e. The van der Waals surface area contributed by atoms with E-state index in [0.717, 1.165) is 5.56 Å². The van der Waals surface area contributed by atoms with Crippen molar-refractivity contribution in [2.24, 2.45) is 5.18 Å². The topological polar surface area (TPSA) is 69.6 Å². The molecule has 0 saturated heterocycles. The summed E-state index contributed by atoms with van der Waals surface area (Å²) in [5.74, 6) is -1.86. The van der Waals surface area contributed by atoms with Crippen LogP contribution in [-0.2, 0) is 11.2 Å². The largest absolute Gasteiger partial charge is 0.549 e. The molecule has 4 heteroatoms. The number of aliphatic carboxylic acids is 1. The van der Waals surface area contributed by atoms with E-state index >= 15 is 0 Å². The zero-order valence-corrected chi connectivity index (χ0v) is 10.2. The molecule has 0 spiro atoms. The third-order valence-corrected chi connectivity index (χ3v) is 2.97. The number of hydrogen-bond acceptors (Lipinski definition) is 4. The zero-order valence-electron chi connectivity index (χ0n) is 10.2. The van der Waals surface area contributed by atoms with Gasteiger partial charge in [-0.25, -0.2) is 0 Å². The molecule has 0 radical (unpaired) electrons. The van der Waals surface area contributed by atoms with Crippen LogP contribution in [0.3, 0.4) is 0 Å². The monoisotopic (exact) mass is 254 g/mol. The lowest BCUT2D eigenvalue weighted by atomic mass is 9.92. The summed E-state index contributed by atoms with van der Waals surface area (Å²) in [5.41, 5.74) is 1.81. The van der Waals surface area contributed by atoms with Crippen LogP contribution in [0.1, 0.15) is 17.0 Å². The molecular formula is C15H12NO3-. The van der Waals surface area contributed by atoms with Crippen LogP contribution in [-0.4, -0.2) is 5.97 Å². The van der Waals surface area contributed by atoms with E-state index in [4.69, 9.17) is 0 Å². The van der Waals surface area contributed by atoms with Crippen molar-refractivity contribution in [3.63, 3.8) is 0 Å². The fourth-order valence-corrected chi connectivity index (χ4v) is 1.95. The molecule has 1 unspecified atom stereocenters. The van der Waals surface area contributed by atoms with E-state index in [-0.39, 0.29) is 5.69 Å². The number of nitrogens with zero attached hydrogens (tertiary/aromatic N) is 1. The van der Waals surface area contributed by atoms with Crippen LogP contribution in [0.5, 0.6) is 0 Å². The fourth-order valence-electron chi connectivity index (χ4n) is 1.95. The quantitative estimate of drug-likeness (QED) is 0.768. The number of benzene rings is 2. The highest BCUT2D eigenvalue weighted by molar-refractivity contribution is 5.74. The first-order chi connectivity index (χ1) is 9.20. The highest BCUT2D eigenvalue weighted by atomic mass is 16.4. The normalized spacial score (nSPS) is 11.8. The van der Waals surface area contributed by atoms with E-state index < -0.39 is 11.9 Å². The van der Waals surface area contributed by atoms with Gasteiger partial charge < -0.3 is 9.90 Å². The molecule has 0 saturated carbocycles. The molecule has 2 rings (SSSR count). The molecule has 0 aromatic heterocycles. The Balaban J connectivity index is 2.24. The van der Waals surface area contributed by atoms with Crippen LogP contribution in [0.4, 0.5) is 5.69 Å². The number of rotatable bonds is 5. The van der Waals surface area contributed by atoms with E-state index in [0.29, 0.717) is 12.0 Å². The minimum absolute atomic E-state index is 0.278. The summed E-state index contributed by atoms with van der Waals surface area (Å²) < 4.78 is 0. The van der Waals surface area contributed by atoms with Gasteiger partial charge in [0.15, 0.2) is 0 Å². The molecule has 0 aliphatic rings. The van der Waals surface area contributed by atoms with Gasteiger partial charge in [-0.2, -0.15) is 0 Å². The van der Waals surface area contributed by atoms with Gasteiger partial charge in [0.25, 0.3) is 0 Å². The molecule has 19 heavy (non-hydrogen) atoms. The summed E-state index contributed by atoms with van der Waals surface area (Å²) in [4.78, 5) is 21.6. The van der Waals surface area contributed by atoms with E-state index in [2.05, 4.69) is 5.18 Å². The van der Waals surface area contributed by atoms with Crippen LogP contribution in [0.25, 0.3) is 0 Å². The average Bonchev–Trinajstić information content (AvgIpc) is 2.46. The number of hydrogen-bond donors (Lipinski definition) is 0. The molecule has 0 aliphatic carbocycles. The van der Waals surface area contributed by atoms with E-state index in [1.54, 1.807) is 12.1 Å². The Morgan fingerprint density at radius 1 is 1.05 bits per heavy atom. The lowest BCUT2D eigenvalue weighted by Gasteiger charge is -2.18. The summed E-state index contributed by atoms with van der Waals surface area (Å²) in [7, 11) is 0. The first kappa shape index (κ1) is 13.0. The molecule has 0 N–H and O–H groups in total. The Morgan fingerprint density at radius 3 is 2.21 bits per heavy atom. The summed E-state index contributed by atoms with van der Waals surface area (Å²) in [6.45, 7) is 0. The second kappa shape index (κ2) is 5.91. The van der Waals surface area contributed by atoms with Crippen LogP contribution >= 0.6 is 0 Å². The van der Waals surface area contributed by atoms with Crippen molar-refractivity contribution in [1.29, 1.82) is 0 Å². The maximum atomic E-state index is 11.3. The number of carbonyl (C=O) groups is 1. The lowest BCUT2D eigenvalue weighted by Crippen LogP contribution is -2.31. The fraction of sp³-hybridized carbons (Fsp3) is 0.133. The van der Waals surface area contributed by atoms with Crippen LogP contribution < -0.4 is 5.11 Å². The molecule has 0 heterocycles. The van der Waals surface area contributed by atoms with Gasteiger partial charge in [0.05, 0.1) is 0 Å². The summed E-state index contributed by atoms with van der Waals surface area (Å²) in [6, 6.07) is 15.5. The lowest BCUT2D eigenvalue weighted by molar-refractivity contribution is -0.308. The molecule has 2 aromatic carbocycles. The number of carbonyl (C=O) groups excluding carboxylic acids is 1. The third-order valence-electron chi connectivity index (χ3n) is 2.97. The molecule has 0 aliphatic heterocycles. The molecule has 2 aromatic rings. The first-order valence-corrected chi connectivity index (χ1v) is 5.89. The third kappa shape index (κ3) is 3.25. The molecule has 0 fully saturated rings. The smallest absolute Gasteiger partial charge is 0.108 e. The van der Waals surface area contributed by atoms with Crippen molar-refractivity contribution in [3.8, 4) is 0 Å². The van der Waals surface area contributed by atoms with Gasteiger partial charge in [0.2, 0.25) is 0 Å². The number of carboxylic acids is 1. The van der Waals surface area contributed by atoms with Crippen molar-refractivity contribution in [1.82, 2.24) is 0 Å². The number of carboxylic acid groups (broad SMARTS) is 1. The van der Waals surface area contributed by atoms with Gasteiger partial charge in [-0.1, -0.05) is 42.5 Å². The van der Waals surface area contributed by atoms with Gasteiger partial charge in [0.1, 0.15) is 5.69 Å². The van der Waals surface area contributed by atoms with Crippen molar-refractivity contribution in [2.75, 3.05) is 0 Å². The predicted molar refractivity (Wildman–Crippen MR) is 69.8 cm³/mol. The first-order valence-electron chi connectivity index (χ1n) is 5.89. The predicted octanol–water partition coefficient (Wildman–Crippen LogP) is 2.16. The van der Waals surface area contributed by atoms with E-state index in [1.807, 2.05) is 30.3 Å². The minimum atomic E-state index is -1.13. The highest BCUT2D eigenvalue weighted by Gasteiger charge is 2.13. The van der Waals surface area contributed by atoms with E-state index in [9.17, 15) is 14.8 Å². The Morgan fingerprint density at radius 2 is 1.68 bits per heavy atom. The van der Waals surface area contributed by atoms with Crippen LogP contribution in [0.2, 0.25) is 0 Å². The van der Waals surface area contributed by atoms with Gasteiger partial charge in [-0.15, -0.1) is 4.91 Å². The molecular weight excluding hydrogens is 242 g/mol. The van der Waals surface area contributed by atoms with Crippen molar-refractivity contribution < 1.29 is 9.90 Å². The standard InChI is InChI=1S/C15H13NO3/c17-15(18)14(10-11-4-2-1-3-5-11)12-6-8-13(16-19)9-7-12/h1-9,14H,10H2,(H,17,18)/p-1. The van der Waals surface area contributed by atoms with Gasteiger partial charge in [-0.05, 0) is 34.9 Å². The summed E-state index contributed by atoms with van der Waals surface area (Å²) in [5, 5.41) is 14.0. The molecule has 96 valence electrons. The summed E-state index contributed by atoms with van der Waals surface area (Å²) >= 11 is 0. The van der Waals surface area contributed by atoms with Gasteiger partial charge in [0, 0.05) is 11.9 Å². The molecule has 1 atom stereocenters. The Bertz CT molecular complexity index is 564. The van der Waals surface area contributed by atoms with Crippen LogP contribution in [0.15, 0.2) is 59.8 Å². The highest BCUT2D eigenvalue weighted by Crippen LogP contribution is 2.23. The Kier molecular flexibility index (Phi) is 4.03. The Labute approximate surface area is 110 Å². The minimum Gasteiger partial charge on any atom is -0.549 e. The zero-order chi connectivity index (χ0) is 13.7. The molecule has 4 nitrogen and oxygen atoms in total. The Hall–Kier alpha value is -2.49. The van der Waals surface area contributed by atoms with Crippen LogP contribution in [0, 0.1) is 4.91 Å². The van der Waals surface area contributed by atoms with Crippen molar-refractivity contribution >= 4 is 11.7 Å². The van der Waals surface area contributed by atoms with Crippen molar-refractivity contribution in [2.45, 2.75) is 12.3 Å². The second-order valence-corrected chi connectivity index (χ2v) is 4.24. The average molecular weight is 254 g/mol. The van der Waals surface area contributed by atoms with Crippen molar-refractivity contribution in [3.05, 3.63) is 70.6 Å². The number of nitroso groups, excluding NO2 is 1. The SMILES string of the molecule is O=Nc1ccc(C(Cc2ccccc2)C(=O)[O-])cc1. The molecule has 0 amide bonds. The van der Waals surface area contributed by atoms with Gasteiger partial charge >= 0.3 is 0 Å². The molecule has 0 bridgehead atoms. The summed E-state index contributed by atoms with van der Waals surface area (Å²) in [6.07, 6.45) is 0.358. The second-order valence-electron chi connectivity index (χ2n) is 4.24. The van der Waals surface area contributed by atoms with Gasteiger partial charge in [-0.3, -0.25) is 0 Å². The maximum absolute atomic E-state index is 11.3.